The van der Waals surface area contributed by atoms with Crippen LogP contribution in [-0.2, 0) is 26.1 Å². The monoisotopic (exact) mass is 446 g/mol. The molecule has 5 N–H and O–H groups in total. The Labute approximate surface area is 175 Å². The maximum absolute atomic E-state index is 12.2. The molecule has 1 aromatic rings. The number of carbonyl (C=O) groups excluding carboxylic acids is 2. The average Bonchev–Trinajstić information content (AvgIpc) is 2.90. The summed E-state index contributed by atoms with van der Waals surface area (Å²) in [5, 5.41) is 12.9. The highest BCUT2D eigenvalue weighted by atomic mass is 35.5. The Bertz CT molecular complexity index is 851. The number of nitrogens with one attached hydrogen (secondary N) is 1. The van der Waals surface area contributed by atoms with Crippen molar-refractivity contribution in [2.75, 3.05) is 0 Å². The van der Waals surface area contributed by atoms with Gasteiger partial charge >= 0.3 is 0 Å². The number of Topliss-reactive ketones (excluding diaryl/α,β-unsaturated/α-hetero) is 1. The van der Waals surface area contributed by atoms with E-state index >= 15 is 0 Å². The SMILES string of the molecule is NC(CCC(=O)Cc1cc(Cl)cc(S(=O)(=O)O)c1O)C(=O)NC1CCCCCC1. The van der Waals surface area contributed by atoms with Crippen molar-refractivity contribution in [2.24, 2.45) is 5.73 Å². The van der Waals surface area contributed by atoms with Crippen LogP contribution in [0.5, 0.6) is 5.75 Å². The fraction of sp³-hybridized carbons (Fsp3) is 0.579. The molecule has 1 saturated carbocycles. The quantitative estimate of drug-likeness (QED) is 0.354. The summed E-state index contributed by atoms with van der Waals surface area (Å²) in [4.78, 5) is 23.7. The van der Waals surface area contributed by atoms with Crippen molar-refractivity contribution in [1.29, 1.82) is 0 Å². The summed E-state index contributed by atoms with van der Waals surface area (Å²) < 4.78 is 31.8. The highest BCUT2D eigenvalue weighted by molar-refractivity contribution is 7.86. The Hall–Kier alpha value is -1.68. The number of benzene rings is 1. The van der Waals surface area contributed by atoms with Gasteiger partial charge in [-0.25, -0.2) is 0 Å². The molecule has 8 nitrogen and oxygen atoms in total. The molecule has 1 aromatic carbocycles. The van der Waals surface area contributed by atoms with E-state index in [0.717, 1.165) is 31.7 Å². The number of rotatable bonds is 8. The minimum Gasteiger partial charge on any atom is -0.506 e. The van der Waals surface area contributed by atoms with Gasteiger partial charge in [0.2, 0.25) is 5.91 Å². The molecule has 2 rings (SSSR count). The Balaban J connectivity index is 1.91. The Morgan fingerprint density at radius 3 is 2.41 bits per heavy atom. The molecule has 10 heteroatoms. The van der Waals surface area contributed by atoms with Crippen molar-refractivity contribution >= 4 is 33.4 Å². The third-order valence-electron chi connectivity index (χ3n) is 5.06. The largest absolute Gasteiger partial charge is 0.506 e. The molecule has 0 aliphatic heterocycles. The Morgan fingerprint density at radius 2 is 1.83 bits per heavy atom. The molecule has 0 aromatic heterocycles. The third-order valence-corrected chi connectivity index (χ3v) is 6.14. The summed E-state index contributed by atoms with van der Waals surface area (Å²) in [5.41, 5.74) is 5.88. The molecule has 1 amide bonds. The van der Waals surface area contributed by atoms with Gasteiger partial charge in [-0.1, -0.05) is 37.3 Å². The molecular weight excluding hydrogens is 420 g/mol. The maximum atomic E-state index is 12.2. The number of phenols is 1. The molecule has 0 heterocycles. The van der Waals surface area contributed by atoms with Crippen LogP contribution in [0.25, 0.3) is 0 Å². The topological polar surface area (TPSA) is 147 Å². The molecule has 162 valence electrons. The lowest BCUT2D eigenvalue weighted by Crippen LogP contribution is -2.45. The van der Waals surface area contributed by atoms with E-state index < -0.39 is 26.8 Å². The van der Waals surface area contributed by atoms with Gasteiger partial charge in [0.25, 0.3) is 10.1 Å². The number of ketones is 1. The lowest BCUT2D eigenvalue weighted by molar-refractivity contribution is -0.123. The van der Waals surface area contributed by atoms with Crippen LogP contribution in [0.15, 0.2) is 17.0 Å². The molecule has 0 bridgehead atoms. The minimum atomic E-state index is -4.69. The van der Waals surface area contributed by atoms with Crippen LogP contribution >= 0.6 is 11.6 Å². The standard InChI is InChI=1S/C19H27ClN2O6S/c20-13-9-12(18(24)17(11-13)29(26,27)28)10-15(23)7-8-16(21)19(25)22-14-5-3-1-2-4-6-14/h9,11,14,16,24H,1-8,10,21H2,(H,22,25)(H,26,27,28). The lowest BCUT2D eigenvalue weighted by atomic mass is 10.0. The predicted molar refractivity (Wildman–Crippen MR) is 108 cm³/mol. The van der Waals surface area contributed by atoms with E-state index in [0.29, 0.717) is 0 Å². The van der Waals surface area contributed by atoms with Crippen molar-refractivity contribution in [3.8, 4) is 5.75 Å². The van der Waals surface area contributed by atoms with Gasteiger partial charge in [-0.3, -0.25) is 14.1 Å². The second kappa shape index (κ2) is 10.4. The molecule has 1 aliphatic rings. The molecule has 0 saturated heterocycles. The van der Waals surface area contributed by atoms with Crippen LogP contribution in [0, 0.1) is 0 Å². The summed E-state index contributed by atoms with van der Waals surface area (Å²) >= 11 is 5.81. The van der Waals surface area contributed by atoms with Crippen molar-refractivity contribution in [3.63, 3.8) is 0 Å². The first-order valence-corrected chi connectivity index (χ1v) is 11.5. The zero-order chi connectivity index (χ0) is 21.6. The molecule has 1 atom stereocenters. The fourth-order valence-corrected chi connectivity index (χ4v) is 4.40. The van der Waals surface area contributed by atoms with Gasteiger partial charge < -0.3 is 16.2 Å². The first-order chi connectivity index (χ1) is 13.6. The molecular formula is C19H27ClN2O6S. The highest BCUT2D eigenvalue weighted by Gasteiger charge is 2.23. The van der Waals surface area contributed by atoms with Crippen molar-refractivity contribution in [1.82, 2.24) is 5.32 Å². The van der Waals surface area contributed by atoms with E-state index in [9.17, 15) is 23.1 Å². The van der Waals surface area contributed by atoms with Crippen molar-refractivity contribution < 1.29 is 27.7 Å². The molecule has 1 aliphatic carbocycles. The summed E-state index contributed by atoms with van der Waals surface area (Å²) in [6, 6.07) is 1.44. The Morgan fingerprint density at radius 1 is 1.21 bits per heavy atom. The number of halogens is 1. The number of hydrogen-bond acceptors (Lipinski definition) is 6. The summed E-state index contributed by atoms with van der Waals surface area (Å²) in [6.45, 7) is 0. The maximum Gasteiger partial charge on any atom is 0.298 e. The summed E-state index contributed by atoms with van der Waals surface area (Å²) in [7, 11) is -4.69. The van der Waals surface area contributed by atoms with Gasteiger partial charge in [0.05, 0.1) is 6.04 Å². The first kappa shape index (κ1) is 23.6. The average molecular weight is 447 g/mol. The smallest absolute Gasteiger partial charge is 0.298 e. The molecule has 0 radical (unpaired) electrons. The summed E-state index contributed by atoms with van der Waals surface area (Å²) in [6.07, 6.45) is 6.16. The predicted octanol–water partition coefficient (Wildman–Crippen LogP) is 2.35. The molecule has 1 fully saturated rings. The number of nitrogens with two attached hydrogens (primary N) is 1. The van der Waals surface area contributed by atoms with Crippen LogP contribution in [-0.4, -0.2) is 41.9 Å². The van der Waals surface area contributed by atoms with Gasteiger partial charge in [0.1, 0.15) is 16.4 Å². The first-order valence-electron chi connectivity index (χ1n) is 9.64. The van der Waals surface area contributed by atoms with Gasteiger partial charge in [-0.05, 0) is 31.4 Å². The number of phenolic OH excluding ortho intramolecular Hbond substituents is 1. The van der Waals surface area contributed by atoms with E-state index in [1.165, 1.54) is 18.9 Å². The lowest BCUT2D eigenvalue weighted by Gasteiger charge is -2.19. The van der Waals surface area contributed by atoms with E-state index in [1.54, 1.807) is 0 Å². The van der Waals surface area contributed by atoms with Crippen LogP contribution < -0.4 is 11.1 Å². The van der Waals surface area contributed by atoms with E-state index in [1.807, 2.05) is 0 Å². The zero-order valence-electron chi connectivity index (χ0n) is 16.1. The van der Waals surface area contributed by atoms with Crippen molar-refractivity contribution in [2.45, 2.75) is 74.8 Å². The van der Waals surface area contributed by atoms with Gasteiger partial charge in [0.15, 0.2) is 0 Å². The van der Waals surface area contributed by atoms with Crippen LogP contribution in [0.2, 0.25) is 5.02 Å². The fourth-order valence-electron chi connectivity index (χ4n) is 3.44. The third kappa shape index (κ3) is 7.26. The molecule has 29 heavy (non-hydrogen) atoms. The normalized spacial score (nSPS) is 16.8. The Kier molecular flexibility index (Phi) is 8.45. The summed E-state index contributed by atoms with van der Waals surface area (Å²) in [5.74, 6) is -1.36. The number of carbonyl (C=O) groups is 2. The van der Waals surface area contributed by atoms with Crippen LogP contribution in [0.4, 0.5) is 0 Å². The van der Waals surface area contributed by atoms with E-state index in [-0.39, 0.29) is 47.6 Å². The van der Waals surface area contributed by atoms with E-state index in [4.69, 9.17) is 21.9 Å². The van der Waals surface area contributed by atoms with E-state index in [2.05, 4.69) is 5.32 Å². The molecule has 1 unspecified atom stereocenters. The minimum absolute atomic E-state index is 0.0214. The number of aromatic hydroxyl groups is 1. The second-order valence-corrected chi connectivity index (χ2v) is 9.27. The highest BCUT2D eigenvalue weighted by Crippen LogP contribution is 2.31. The van der Waals surface area contributed by atoms with Gasteiger partial charge in [-0.15, -0.1) is 0 Å². The number of hydrogen-bond donors (Lipinski definition) is 4. The van der Waals surface area contributed by atoms with Crippen LogP contribution in [0.1, 0.15) is 56.9 Å². The van der Waals surface area contributed by atoms with Gasteiger partial charge in [-0.2, -0.15) is 8.42 Å². The second-order valence-electron chi connectivity index (χ2n) is 7.44. The van der Waals surface area contributed by atoms with Crippen LogP contribution in [0.3, 0.4) is 0 Å². The zero-order valence-corrected chi connectivity index (χ0v) is 17.6. The van der Waals surface area contributed by atoms with Crippen molar-refractivity contribution in [3.05, 3.63) is 22.7 Å². The molecule has 0 spiro atoms. The number of amides is 1. The van der Waals surface area contributed by atoms with Gasteiger partial charge in [0, 0.05) is 29.5 Å².